The molecule has 0 fully saturated rings. The molecule has 0 unspecified atom stereocenters. The maximum absolute atomic E-state index is 12.1. The second kappa shape index (κ2) is 7.19. The van der Waals surface area contributed by atoms with Crippen molar-refractivity contribution < 1.29 is 13.2 Å². The Morgan fingerprint density at radius 1 is 1.32 bits per heavy atom. The molecule has 0 amide bonds. The van der Waals surface area contributed by atoms with E-state index >= 15 is 0 Å². The summed E-state index contributed by atoms with van der Waals surface area (Å²) in [6.45, 7) is 7.92. The molecule has 1 N–H and O–H groups in total. The van der Waals surface area contributed by atoms with Crippen LogP contribution in [0.2, 0.25) is 0 Å². The van der Waals surface area contributed by atoms with Gasteiger partial charge in [-0.05, 0) is 50.7 Å². The highest BCUT2D eigenvalue weighted by molar-refractivity contribution is 8.00. The van der Waals surface area contributed by atoms with Gasteiger partial charge in [0.2, 0.25) is 0 Å². The highest BCUT2D eigenvalue weighted by atomic mass is 32.2. The van der Waals surface area contributed by atoms with Crippen LogP contribution in [0.25, 0.3) is 0 Å². The number of halogens is 3. The van der Waals surface area contributed by atoms with Gasteiger partial charge in [-0.15, -0.1) is 0 Å². The molecule has 1 heterocycles. The van der Waals surface area contributed by atoms with Crippen LogP contribution in [-0.4, -0.2) is 34.1 Å². The van der Waals surface area contributed by atoms with Crippen molar-refractivity contribution in [3.8, 4) is 0 Å². The predicted octanol–water partition coefficient (Wildman–Crippen LogP) is 2.90. The minimum absolute atomic E-state index is 0.000530. The summed E-state index contributed by atoms with van der Waals surface area (Å²) in [7, 11) is 0. The lowest BCUT2D eigenvalue weighted by atomic mass is 10.1. The quantitative estimate of drug-likeness (QED) is 0.784. The van der Waals surface area contributed by atoms with Crippen LogP contribution in [0.1, 0.15) is 23.9 Å². The maximum Gasteiger partial charge on any atom is 0.441 e. The topological polar surface area (TPSA) is 29.9 Å². The van der Waals surface area contributed by atoms with E-state index in [0.29, 0.717) is 0 Å². The summed E-state index contributed by atoms with van der Waals surface area (Å²) in [5.41, 5.74) is -1.15. The lowest BCUT2D eigenvalue weighted by Crippen LogP contribution is -2.16. The van der Waals surface area contributed by atoms with Crippen molar-refractivity contribution in [2.24, 2.45) is 0 Å². The Balaban J connectivity index is 2.58. The number of hydrogen-bond acceptors (Lipinski definition) is 3. The predicted molar refractivity (Wildman–Crippen MR) is 72.5 cm³/mol. The largest absolute Gasteiger partial charge is 0.441 e. The van der Waals surface area contributed by atoms with Crippen molar-refractivity contribution in [1.29, 1.82) is 0 Å². The zero-order valence-electron chi connectivity index (χ0n) is 11.5. The number of rotatable bonds is 7. The van der Waals surface area contributed by atoms with Crippen molar-refractivity contribution in [3.05, 3.63) is 17.0 Å². The Bertz CT molecular complexity index is 402. The summed E-state index contributed by atoms with van der Waals surface area (Å²) in [6.07, 6.45) is 0.859. The van der Waals surface area contributed by atoms with Crippen LogP contribution in [0.3, 0.4) is 0 Å². The molecular weight excluding hydrogens is 275 g/mol. The summed E-state index contributed by atoms with van der Waals surface area (Å²) in [5, 5.41) is 7.55. The Labute approximate surface area is 115 Å². The Hall–Kier alpha value is -0.690. The molecule has 1 aromatic rings. The van der Waals surface area contributed by atoms with E-state index in [2.05, 4.69) is 10.4 Å². The molecule has 0 saturated carbocycles. The normalized spacial score (nSPS) is 12.1. The standard InChI is InChI=1S/C12H20F3N3S/c1-4-16-6-5-11-9(2)17-18(10(11)3)7-8-19-12(13,14)15/h16H,4-8H2,1-3H3. The van der Waals surface area contributed by atoms with Crippen molar-refractivity contribution in [2.45, 2.75) is 39.2 Å². The van der Waals surface area contributed by atoms with Gasteiger partial charge in [-0.2, -0.15) is 18.3 Å². The fourth-order valence-electron chi connectivity index (χ4n) is 1.95. The molecule has 7 heteroatoms. The van der Waals surface area contributed by atoms with Gasteiger partial charge in [0.1, 0.15) is 0 Å². The maximum atomic E-state index is 12.1. The van der Waals surface area contributed by atoms with Crippen LogP contribution >= 0.6 is 11.8 Å². The van der Waals surface area contributed by atoms with Crippen LogP contribution in [-0.2, 0) is 13.0 Å². The van der Waals surface area contributed by atoms with E-state index in [4.69, 9.17) is 0 Å². The molecule has 19 heavy (non-hydrogen) atoms. The summed E-state index contributed by atoms with van der Waals surface area (Å²) < 4.78 is 37.9. The molecule has 0 aromatic carbocycles. The highest BCUT2D eigenvalue weighted by Crippen LogP contribution is 2.30. The molecule has 0 bridgehead atoms. The van der Waals surface area contributed by atoms with Crippen molar-refractivity contribution >= 4 is 11.8 Å². The first-order chi connectivity index (χ1) is 8.85. The monoisotopic (exact) mass is 295 g/mol. The molecule has 0 saturated heterocycles. The molecular formula is C12H20F3N3S. The number of nitrogens with zero attached hydrogens (tertiary/aromatic N) is 2. The van der Waals surface area contributed by atoms with Crippen LogP contribution in [0.15, 0.2) is 0 Å². The molecule has 0 atom stereocenters. The third-order valence-electron chi connectivity index (χ3n) is 2.90. The molecule has 1 aromatic heterocycles. The Morgan fingerprint density at radius 3 is 2.58 bits per heavy atom. The first-order valence-electron chi connectivity index (χ1n) is 6.29. The van der Waals surface area contributed by atoms with Gasteiger partial charge in [0, 0.05) is 11.4 Å². The van der Waals surface area contributed by atoms with E-state index < -0.39 is 5.51 Å². The van der Waals surface area contributed by atoms with Gasteiger partial charge in [-0.25, -0.2) is 0 Å². The van der Waals surface area contributed by atoms with Gasteiger partial charge >= 0.3 is 5.51 Å². The smallest absolute Gasteiger partial charge is 0.317 e. The molecule has 3 nitrogen and oxygen atoms in total. The molecule has 0 radical (unpaired) electrons. The van der Waals surface area contributed by atoms with Gasteiger partial charge in [-0.1, -0.05) is 6.92 Å². The van der Waals surface area contributed by atoms with Gasteiger partial charge in [-0.3, -0.25) is 4.68 Å². The van der Waals surface area contributed by atoms with E-state index in [-0.39, 0.29) is 24.1 Å². The molecule has 0 aliphatic heterocycles. The second-order valence-corrected chi connectivity index (χ2v) is 5.43. The van der Waals surface area contributed by atoms with Crippen LogP contribution in [0, 0.1) is 13.8 Å². The number of aromatic nitrogens is 2. The number of likely N-dealkylation sites (N-methyl/N-ethyl adjacent to an activating group) is 1. The number of alkyl halides is 3. The third-order valence-corrected chi connectivity index (χ3v) is 3.62. The molecule has 0 aliphatic rings. The zero-order valence-corrected chi connectivity index (χ0v) is 12.3. The lowest BCUT2D eigenvalue weighted by molar-refractivity contribution is -0.0328. The molecule has 110 valence electrons. The number of hydrogen-bond donors (Lipinski definition) is 1. The van der Waals surface area contributed by atoms with E-state index in [1.165, 1.54) is 0 Å². The van der Waals surface area contributed by atoms with Crippen molar-refractivity contribution in [3.63, 3.8) is 0 Å². The van der Waals surface area contributed by atoms with Crippen LogP contribution in [0.5, 0.6) is 0 Å². The van der Waals surface area contributed by atoms with Crippen molar-refractivity contribution in [1.82, 2.24) is 15.1 Å². The summed E-state index contributed by atoms with van der Waals surface area (Å²) in [6, 6.07) is 0. The zero-order chi connectivity index (χ0) is 14.5. The molecule has 0 spiro atoms. The van der Waals surface area contributed by atoms with E-state index in [1.807, 2.05) is 20.8 Å². The third kappa shape index (κ3) is 5.44. The summed E-state index contributed by atoms with van der Waals surface area (Å²) in [5.74, 6) is -0.00188. The van der Waals surface area contributed by atoms with Gasteiger partial charge in [0.25, 0.3) is 0 Å². The minimum atomic E-state index is -4.16. The van der Waals surface area contributed by atoms with E-state index in [1.54, 1.807) is 4.68 Å². The van der Waals surface area contributed by atoms with Gasteiger partial charge in [0.05, 0.1) is 12.2 Å². The van der Waals surface area contributed by atoms with E-state index in [0.717, 1.165) is 36.5 Å². The average molecular weight is 295 g/mol. The summed E-state index contributed by atoms with van der Waals surface area (Å²) >= 11 is 0.000530. The number of aryl methyl sites for hydroxylation is 2. The van der Waals surface area contributed by atoms with Gasteiger partial charge in [0.15, 0.2) is 0 Å². The Morgan fingerprint density at radius 2 is 2.00 bits per heavy atom. The second-order valence-electron chi connectivity index (χ2n) is 4.27. The Kier molecular flexibility index (Phi) is 6.19. The number of thioether (sulfide) groups is 1. The van der Waals surface area contributed by atoms with Crippen LogP contribution < -0.4 is 5.32 Å². The summed E-state index contributed by atoms with van der Waals surface area (Å²) in [4.78, 5) is 0. The fraction of sp³-hybridized carbons (Fsp3) is 0.750. The first kappa shape index (κ1) is 16.4. The first-order valence-corrected chi connectivity index (χ1v) is 7.28. The highest BCUT2D eigenvalue weighted by Gasteiger charge is 2.27. The fourth-order valence-corrected chi connectivity index (χ4v) is 2.45. The van der Waals surface area contributed by atoms with Gasteiger partial charge < -0.3 is 5.32 Å². The lowest BCUT2D eigenvalue weighted by Gasteiger charge is -2.07. The van der Waals surface area contributed by atoms with Crippen LogP contribution in [0.4, 0.5) is 13.2 Å². The average Bonchev–Trinajstić information content (AvgIpc) is 2.55. The SMILES string of the molecule is CCNCCc1c(C)nn(CCSC(F)(F)F)c1C. The number of nitrogens with one attached hydrogen (secondary N) is 1. The van der Waals surface area contributed by atoms with Crippen molar-refractivity contribution in [2.75, 3.05) is 18.8 Å². The molecule has 0 aliphatic carbocycles. The minimum Gasteiger partial charge on any atom is -0.317 e. The molecule has 1 rings (SSSR count). The van der Waals surface area contributed by atoms with E-state index in [9.17, 15) is 13.2 Å².